The van der Waals surface area contributed by atoms with E-state index in [-0.39, 0.29) is 23.7 Å². The number of fused-ring (bicyclic) bond motifs is 1. The second-order valence-corrected chi connectivity index (χ2v) is 4.50. The fourth-order valence-electron chi connectivity index (χ4n) is 2.76. The Kier molecular flexibility index (Phi) is 2.67. The minimum absolute atomic E-state index is 0.00894. The monoisotopic (exact) mass is 211 g/mol. The zero-order valence-corrected chi connectivity index (χ0v) is 9.23. The first-order valence-corrected chi connectivity index (χ1v) is 5.55. The third-order valence-electron chi connectivity index (χ3n) is 3.59. The maximum absolute atomic E-state index is 11.8. The van der Waals surface area contributed by atoms with Crippen LogP contribution >= 0.6 is 0 Å². The predicted molar refractivity (Wildman–Crippen MR) is 54.0 cm³/mol. The molecule has 0 radical (unpaired) electrons. The highest BCUT2D eigenvalue weighted by Gasteiger charge is 2.47. The molecule has 0 unspecified atom stereocenters. The number of carbonyl (C=O) groups is 2. The van der Waals surface area contributed by atoms with Crippen LogP contribution in [-0.2, 0) is 14.3 Å². The number of hydrogen-bond acceptors (Lipinski definition) is 3. The molecular formula is C11H17NO3. The van der Waals surface area contributed by atoms with Crippen LogP contribution in [-0.4, -0.2) is 36.0 Å². The van der Waals surface area contributed by atoms with Crippen molar-refractivity contribution in [2.24, 2.45) is 11.8 Å². The molecule has 0 bridgehead atoms. The molecule has 2 rings (SSSR count). The number of hydrogen-bond donors (Lipinski definition) is 0. The fourth-order valence-corrected chi connectivity index (χ4v) is 2.76. The second kappa shape index (κ2) is 3.83. The van der Waals surface area contributed by atoms with E-state index in [0.29, 0.717) is 12.6 Å². The molecule has 84 valence electrons. The second-order valence-electron chi connectivity index (χ2n) is 4.50. The Labute approximate surface area is 89.6 Å². The lowest BCUT2D eigenvalue weighted by molar-refractivity contribution is -0.143. The van der Waals surface area contributed by atoms with E-state index in [1.54, 1.807) is 0 Å². The number of carbonyl (C=O) groups excluding carboxylic acids is 2. The van der Waals surface area contributed by atoms with Crippen molar-refractivity contribution in [1.82, 2.24) is 4.90 Å². The van der Waals surface area contributed by atoms with Gasteiger partial charge in [0.2, 0.25) is 5.91 Å². The van der Waals surface area contributed by atoms with Crippen LogP contribution in [0.5, 0.6) is 0 Å². The van der Waals surface area contributed by atoms with Gasteiger partial charge in [-0.15, -0.1) is 0 Å². The molecule has 2 aliphatic rings. The van der Waals surface area contributed by atoms with Gasteiger partial charge in [-0.25, -0.2) is 0 Å². The Morgan fingerprint density at radius 3 is 3.00 bits per heavy atom. The van der Waals surface area contributed by atoms with Gasteiger partial charge in [-0.3, -0.25) is 9.59 Å². The Morgan fingerprint density at radius 1 is 1.60 bits per heavy atom. The summed E-state index contributed by atoms with van der Waals surface area (Å²) in [7, 11) is 0. The van der Waals surface area contributed by atoms with Crippen LogP contribution < -0.4 is 0 Å². The van der Waals surface area contributed by atoms with Gasteiger partial charge in [-0.1, -0.05) is 6.92 Å². The Hall–Kier alpha value is -1.06. The number of ether oxygens (including phenoxy) is 1. The van der Waals surface area contributed by atoms with E-state index in [9.17, 15) is 9.59 Å². The highest BCUT2D eigenvalue weighted by Crippen LogP contribution is 2.37. The molecule has 0 N–H and O–H groups in total. The fraction of sp³-hybridized carbons (Fsp3) is 0.818. The molecule has 2 heterocycles. The van der Waals surface area contributed by atoms with Gasteiger partial charge in [0.15, 0.2) is 0 Å². The van der Waals surface area contributed by atoms with Gasteiger partial charge < -0.3 is 9.64 Å². The highest BCUT2D eigenvalue weighted by atomic mass is 16.5. The first-order chi connectivity index (χ1) is 7.11. The van der Waals surface area contributed by atoms with E-state index >= 15 is 0 Å². The van der Waals surface area contributed by atoms with Crippen LogP contribution in [0.3, 0.4) is 0 Å². The molecule has 0 aliphatic carbocycles. The van der Waals surface area contributed by atoms with Crippen molar-refractivity contribution in [3.05, 3.63) is 0 Å². The van der Waals surface area contributed by atoms with Crippen molar-refractivity contribution >= 4 is 11.9 Å². The normalized spacial score (nSPS) is 34.4. The maximum Gasteiger partial charge on any atom is 0.302 e. The third-order valence-corrected chi connectivity index (χ3v) is 3.59. The standard InChI is InChI=1S/C11H17NO3/c1-7-9(6-15-8(2)13)10-4-3-5-12(10)11(7)14/h7,9-10H,3-6H2,1-2H3/t7-,9-,10+/m1/s1. The topological polar surface area (TPSA) is 46.6 Å². The lowest BCUT2D eigenvalue weighted by Crippen LogP contribution is -2.30. The smallest absolute Gasteiger partial charge is 0.302 e. The zero-order valence-electron chi connectivity index (χ0n) is 9.23. The molecule has 2 aliphatic heterocycles. The molecular weight excluding hydrogens is 194 g/mol. The van der Waals surface area contributed by atoms with Gasteiger partial charge in [0.25, 0.3) is 0 Å². The Balaban J connectivity index is 2.03. The number of esters is 1. The number of nitrogens with zero attached hydrogens (tertiary/aromatic N) is 1. The van der Waals surface area contributed by atoms with Crippen LogP contribution in [0.4, 0.5) is 0 Å². The van der Waals surface area contributed by atoms with Crippen LogP contribution in [0.1, 0.15) is 26.7 Å². The maximum atomic E-state index is 11.8. The van der Waals surface area contributed by atoms with Crippen LogP contribution in [0.15, 0.2) is 0 Å². The largest absolute Gasteiger partial charge is 0.465 e. The SMILES string of the molecule is CC(=O)OC[C@@H]1[C@@H](C)C(=O)N2CCC[C@@H]12. The van der Waals surface area contributed by atoms with E-state index in [0.717, 1.165) is 19.4 Å². The van der Waals surface area contributed by atoms with Crippen molar-refractivity contribution in [3.8, 4) is 0 Å². The molecule has 0 spiro atoms. The lowest BCUT2D eigenvalue weighted by atomic mass is 9.91. The number of rotatable bonds is 2. The summed E-state index contributed by atoms with van der Waals surface area (Å²) >= 11 is 0. The van der Waals surface area contributed by atoms with E-state index in [1.165, 1.54) is 6.92 Å². The summed E-state index contributed by atoms with van der Waals surface area (Å²) < 4.78 is 5.03. The van der Waals surface area contributed by atoms with Crippen molar-refractivity contribution in [2.45, 2.75) is 32.7 Å². The van der Waals surface area contributed by atoms with Gasteiger partial charge in [0.05, 0.1) is 6.61 Å². The molecule has 0 aromatic heterocycles. The van der Waals surface area contributed by atoms with Crippen molar-refractivity contribution in [3.63, 3.8) is 0 Å². The number of amides is 1. The first-order valence-electron chi connectivity index (χ1n) is 5.55. The lowest BCUT2D eigenvalue weighted by Gasteiger charge is -2.20. The van der Waals surface area contributed by atoms with E-state index < -0.39 is 0 Å². The summed E-state index contributed by atoms with van der Waals surface area (Å²) in [6.45, 7) is 4.62. The molecule has 2 saturated heterocycles. The molecule has 0 saturated carbocycles. The van der Waals surface area contributed by atoms with Crippen LogP contribution in [0, 0.1) is 11.8 Å². The quantitative estimate of drug-likeness (QED) is 0.635. The van der Waals surface area contributed by atoms with E-state index in [4.69, 9.17) is 4.74 Å². The van der Waals surface area contributed by atoms with Crippen LogP contribution in [0.2, 0.25) is 0 Å². The molecule has 4 heteroatoms. The molecule has 15 heavy (non-hydrogen) atoms. The van der Waals surface area contributed by atoms with Gasteiger partial charge in [-0.05, 0) is 12.8 Å². The minimum Gasteiger partial charge on any atom is -0.465 e. The molecule has 1 amide bonds. The summed E-state index contributed by atoms with van der Waals surface area (Å²) in [5.41, 5.74) is 0. The average molecular weight is 211 g/mol. The molecule has 3 atom stereocenters. The van der Waals surface area contributed by atoms with Crippen LogP contribution in [0.25, 0.3) is 0 Å². The van der Waals surface area contributed by atoms with Gasteiger partial charge >= 0.3 is 5.97 Å². The summed E-state index contributed by atoms with van der Waals surface area (Å²) in [6.07, 6.45) is 2.14. The molecule has 0 aromatic rings. The summed E-state index contributed by atoms with van der Waals surface area (Å²) in [5, 5.41) is 0. The van der Waals surface area contributed by atoms with E-state index in [2.05, 4.69) is 0 Å². The molecule has 0 aromatic carbocycles. The van der Waals surface area contributed by atoms with Gasteiger partial charge in [0.1, 0.15) is 0 Å². The first kappa shape index (κ1) is 10.5. The highest BCUT2D eigenvalue weighted by molar-refractivity contribution is 5.82. The van der Waals surface area contributed by atoms with Crippen molar-refractivity contribution in [2.75, 3.05) is 13.2 Å². The van der Waals surface area contributed by atoms with Gasteiger partial charge in [0, 0.05) is 31.3 Å². The predicted octanol–water partition coefficient (Wildman–Crippen LogP) is 0.806. The zero-order chi connectivity index (χ0) is 11.0. The Morgan fingerprint density at radius 2 is 2.33 bits per heavy atom. The summed E-state index contributed by atoms with van der Waals surface area (Å²) in [4.78, 5) is 24.5. The van der Waals surface area contributed by atoms with Gasteiger partial charge in [-0.2, -0.15) is 0 Å². The third kappa shape index (κ3) is 1.73. The van der Waals surface area contributed by atoms with Crippen molar-refractivity contribution < 1.29 is 14.3 Å². The minimum atomic E-state index is -0.258. The molecule has 4 nitrogen and oxygen atoms in total. The van der Waals surface area contributed by atoms with E-state index in [1.807, 2.05) is 11.8 Å². The van der Waals surface area contributed by atoms with Crippen molar-refractivity contribution in [1.29, 1.82) is 0 Å². The average Bonchev–Trinajstić information content (AvgIpc) is 2.71. The molecule has 2 fully saturated rings. The Bertz CT molecular complexity index is 290. The summed E-state index contributed by atoms with van der Waals surface area (Å²) in [6, 6.07) is 0.312. The summed E-state index contributed by atoms with van der Waals surface area (Å²) in [5.74, 6) is 0.180.